The summed E-state index contributed by atoms with van der Waals surface area (Å²) in [5.41, 5.74) is -0.0267. The predicted molar refractivity (Wildman–Crippen MR) is 110 cm³/mol. The van der Waals surface area contributed by atoms with Crippen molar-refractivity contribution in [2.24, 2.45) is 0 Å². The fourth-order valence-electron chi connectivity index (χ4n) is 2.48. The molecule has 13 heteroatoms. The highest BCUT2D eigenvalue weighted by Gasteiger charge is 2.19. The highest BCUT2D eigenvalue weighted by molar-refractivity contribution is 7.99. The van der Waals surface area contributed by atoms with E-state index in [0.717, 1.165) is 11.8 Å². The van der Waals surface area contributed by atoms with Crippen molar-refractivity contribution in [2.45, 2.75) is 12.1 Å². The third-order valence-corrected chi connectivity index (χ3v) is 4.61. The maximum atomic E-state index is 12.2. The Morgan fingerprint density at radius 1 is 1.16 bits per heavy atom. The van der Waals surface area contributed by atoms with Crippen LogP contribution in [0.5, 0.6) is 5.75 Å². The number of hydrogen-bond donors (Lipinski definition) is 1. The molecule has 160 valence electrons. The van der Waals surface area contributed by atoms with Crippen molar-refractivity contribution >= 4 is 34.7 Å². The van der Waals surface area contributed by atoms with Crippen LogP contribution in [-0.2, 0) is 4.79 Å². The lowest BCUT2D eigenvalue weighted by atomic mass is 10.2. The van der Waals surface area contributed by atoms with Gasteiger partial charge in [0.05, 0.1) is 28.3 Å². The Bertz CT molecular complexity index is 1130. The first-order valence-electron chi connectivity index (χ1n) is 8.79. The monoisotopic (exact) mass is 445 g/mol. The van der Waals surface area contributed by atoms with Gasteiger partial charge in [-0.2, -0.15) is 0 Å². The molecule has 0 atom stereocenters. The minimum absolute atomic E-state index is 0.0295. The van der Waals surface area contributed by atoms with Gasteiger partial charge in [-0.1, -0.05) is 17.8 Å². The van der Waals surface area contributed by atoms with Crippen LogP contribution in [0.3, 0.4) is 0 Å². The molecule has 1 N–H and O–H groups in total. The van der Waals surface area contributed by atoms with Crippen LogP contribution < -0.4 is 10.1 Å². The van der Waals surface area contributed by atoms with Gasteiger partial charge in [-0.05, 0) is 25.1 Å². The first-order chi connectivity index (χ1) is 14.9. The number of carbonyl (C=O) groups excluding carboxylic acids is 1. The van der Waals surface area contributed by atoms with Crippen LogP contribution in [-0.4, -0.2) is 38.3 Å². The minimum Gasteiger partial charge on any atom is -0.494 e. The lowest BCUT2D eigenvalue weighted by Crippen LogP contribution is -2.15. The van der Waals surface area contributed by atoms with Crippen molar-refractivity contribution in [3.8, 4) is 17.2 Å². The van der Waals surface area contributed by atoms with Gasteiger partial charge in [0.15, 0.2) is 0 Å². The van der Waals surface area contributed by atoms with E-state index >= 15 is 0 Å². The number of ether oxygens (including phenoxy) is 1. The second-order valence-corrected chi connectivity index (χ2v) is 6.81. The van der Waals surface area contributed by atoms with E-state index in [0.29, 0.717) is 17.9 Å². The number of hydrogen-bond acceptors (Lipinski definition) is 10. The Labute approximate surface area is 178 Å². The fraction of sp³-hybridized carbons (Fsp3) is 0.167. The summed E-state index contributed by atoms with van der Waals surface area (Å²) in [7, 11) is 0. The number of amides is 1. The van der Waals surface area contributed by atoms with Crippen molar-refractivity contribution < 1.29 is 23.8 Å². The van der Waals surface area contributed by atoms with Crippen molar-refractivity contribution in [2.75, 3.05) is 17.7 Å². The van der Waals surface area contributed by atoms with Gasteiger partial charge in [-0.3, -0.25) is 25.0 Å². The van der Waals surface area contributed by atoms with Crippen LogP contribution in [0, 0.1) is 20.2 Å². The van der Waals surface area contributed by atoms with Crippen molar-refractivity contribution in [1.82, 2.24) is 10.2 Å². The molecule has 3 aromatic rings. The lowest BCUT2D eigenvalue weighted by molar-refractivity contribution is -0.384. The molecule has 3 rings (SSSR count). The zero-order chi connectivity index (χ0) is 22.4. The molecular formula is C18H15N5O7S. The van der Waals surface area contributed by atoms with Gasteiger partial charge >= 0.3 is 0 Å². The molecule has 12 nitrogen and oxygen atoms in total. The van der Waals surface area contributed by atoms with E-state index in [1.807, 2.05) is 0 Å². The van der Waals surface area contributed by atoms with Crippen molar-refractivity contribution in [3.05, 3.63) is 62.7 Å². The van der Waals surface area contributed by atoms with Gasteiger partial charge in [0.2, 0.25) is 11.8 Å². The predicted octanol–water partition coefficient (Wildman–Crippen LogP) is 3.68. The molecule has 0 bridgehead atoms. The van der Waals surface area contributed by atoms with Crippen LogP contribution in [0.1, 0.15) is 6.92 Å². The summed E-state index contributed by atoms with van der Waals surface area (Å²) < 4.78 is 10.7. The van der Waals surface area contributed by atoms with Gasteiger partial charge in [-0.15, -0.1) is 10.2 Å². The fourth-order valence-corrected chi connectivity index (χ4v) is 3.04. The summed E-state index contributed by atoms with van der Waals surface area (Å²) in [5, 5.41) is 32.3. The number of non-ortho nitro benzene ring substituents is 1. The molecule has 1 heterocycles. The third-order valence-electron chi connectivity index (χ3n) is 3.79. The molecule has 0 spiro atoms. The summed E-state index contributed by atoms with van der Waals surface area (Å²) in [6.07, 6.45) is 0. The minimum atomic E-state index is -0.616. The number of benzene rings is 2. The number of nitrogens with one attached hydrogen (secondary N) is 1. The molecule has 0 saturated heterocycles. The molecule has 0 saturated carbocycles. The number of rotatable bonds is 9. The number of nitro benzene ring substituents is 2. The van der Waals surface area contributed by atoms with E-state index in [4.69, 9.17) is 9.15 Å². The van der Waals surface area contributed by atoms with E-state index in [9.17, 15) is 25.0 Å². The number of thioether (sulfide) groups is 1. The number of anilines is 1. The Kier molecular flexibility index (Phi) is 6.77. The summed E-state index contributed by atoms with van der Waals surface area (Å²) in [6, 6.07) is 9.82. The largest absolute Gasteiger partial charge is 0.494 e. The van der Waals surface area contributed by atoms with Gasteiger partial charge in [0.25, 0.3) is 16.6 Å². The van der Waals surface area contributed by atoms with Gasteiger partial charge in [0, 0.05) is 17.7 Å². The van der Waals surface area contributed by atoms with Crippen LogP contribution in [0.25, 0.3) is 11.5 Å². The number of carbonyl (C=O) groups is 1. The SMILES string of the molecule is CCOc1ccc(NC(=O)CSc2nnc(-c3cccc([N+](=O)[O-])c3)o2)c([N+](=O)[O-])c1. The quantitative estimate of drug-likeness (QED) is 0.292. The smallest absolute Gasteiger partial charge is 0.296 e. The van der Waals surface area contributed by atoms with E-state index in [1.165, 1.54) is 36.4 Å². The molecular weight excluding hydrogens is 430 g/mol. The van der Waals surface area contributed by atoms with Crippen molar-refractivity contribution in [1.29, 1.82) is 0 Å². The van der Waals surface area contributed by atoms with E-state index in [2.05, 4.69) is 15.5 Å². The van der Waals surface area contributed by atoms with E-state index in [1.54, 1.807) is 13.0 Å². The molecule has 0 radical (unpaired) electrons. The zero-order valence-electron chi connectivity index (χ0n) is 16.0. The normalized spacial score (nSPS) is 10.5. The second kappa shape index (κ2) is 9.67. The van der Waals surface area contributed by atoms with E-state index < -0.39 is 15.8 Å². The van der Waals surface area contributed by atoms with Crippen LogP contribution in [0.2, 0.25) is 0 Å². The average Bonchev–Trinajstić information content (AvgIpc) is 3.22. The standard InChI is InChI=1S/C18H15N5O7S/c1-2-29-13-6-7-14(15(9-13)23(27)28)19-16(24)10-31-18-21-20-17(30-18)11-4-3-5-12(8-11)22(25)26/h3-9H,2,10H2,1H3,(H,19,24). The van der Waals surface area contributed by atoms with Crippen LogP contribution in [0.15, 0.2) is 52.1 Å². The Morgan fingerprint density at radius 3 is 2.68 bits per heavy atom. The molecule has 0 unspecified atom stereocenters. The Balaban J connectivity index is 1.64. The first kappa shape index (κ1) is 21.7. The molecule has 0 aliphatic heterocycles. The maximum Gasteiger partial charge on any atom is 0.296 e. The Morgan fingerprint density at radius 2 is 1.97 bits per heavy atom. The van der Waals surface area contributed by atoms with E-state index in [-0.39, 0.29) is 33.9 Å². The molecule has 0 aliphatic rings. The summed E-state index contributed by atoms with van der Waals surface area (Å²) >= 11 is 0.919. The third kappa shape index (κ3) is 5.54. The number of aromatic nitrogens is 2. The van der Waals surface area contributed by atoms with Crippen LogP contribution >= 0.6 is 11.8 Å². The van der Waals surface area contributed by atoms with Crippen molar-refractivity contribution in [3.63, 3.8) is 0 Å². The highest BCUT2D eigenvalue weighted by Crippen LogP contribution is 2.30. The van der Waals surface area contributed by atoms with Crippen LogP contribution in [0.4, 0.5) is 17.1 Å². The molecule has 1 amide bonds. The summed E-state index contributed by atoms with van der Waals surface area (Å²) in [4.78, 5) is 33.2. The number of nitrogens with zero attached hydrogens (tertiary/aromatic N) is 4. The molecule has 0 fully saturated rings. The highest BCUT2D eigenvalue weighted by atomic mass is 32.2. The van der Waals surface area contributed by atoms with Gasteiger partial charge in [-0.25, -0.2) is 0 Å². The lowest BCUT2D eigenvalue weighted by Gasteiger charge is -2.07. The maximum absolute atomic E-state index is 12.2. The Hall–Kier alpha value is -4.00. The van der Waals surface area contributed by atoms with Gasteiger partial charge in [0.1, 0.15) is 11.4 Å². The molecule has 1 aromatic heterocycles. The zero-order valence-corrected chi connectivity index (χ0v) is 16.8. The number of nitro groups is 2. The second-order valence-electron chi connectivity index (χ2n) is 5.89. The molecule has 31 heavy (non-hydrogen) atoms. The molecule has 0 aliphatic carbocycles. The summed E-state index contributed by atoms with van der Waals surface area (Å²) in [6.45, 7) is 2.10. The topological polar surface area (TPSA) is 164 Å². The summed E-state index contributed by atoms with van der Waals surface area (Å²) in [5.74, 6) is -0.289. The van der Waals surface area contributed by atoms with Gasteiger partial charge < -0.3 is 14.5 Å². The average molecular weight is 445 g/mol. The molecule has 2 aromatic carbocycles. The first-order valence-corrected chi connectivity index (χ1v) is 9.78.